The third-order valence-electron chi connectivity index (χ3n) is 5.06. The minimum atomic E-state index is -0.603. The second-order valence-electron chi connectivity index (χ2n) is 7.41. The molecule has 8 heteroatoms. The van der Waals surface area contributed by atoms with E-state index < -0.39 is 18.5 Å². The van der Waals surface area contributed by atoms with E-state index in [1.54, 1.807) is 23.9 Å². The predicted molar refractivity (Wildman–Crippen MR) is 126 cm³/mol. The lowest BCUT2D eigenvalue weighted by Crippen LogP contribution is -2.21. The molecule has 0 bridgehead atoms. The van der Waals surface area contributed by atoms with E-state index in [2.05, 4.69) is 31.3 Å². The number of carbonyl (C=O) groups excluding carboxylic acids is 2. The van der Waals surface area contributed by atoms with Crippen LogP contribution in [0.5, 0.6) is 0 Å². The molecule has 0 aliphatic carbocycles. The highest BCUT2D eigenvalue weighted by Gasteiger charge is 2.21. The van der Waals surface area contributed by atoms with Crippen LogP contribution in [0.4, 0.5) is 5.69 Å². The van der Waals surface area contributed by atoms with Gasteiger partial charge in [-0.05, 0) is 43.7 Å². The number of aromatic nitrogens is 3. The van der Waals surface area contributed by atoms with Gasteiger partial charge in [-0.3, -0.25) is 9.48 Å². The van der Waals surface area contributed by atoms with Crippen molar-refractivity contribution in [2.75, 3.05) is 11.9 Å². The van der Waals surface area contributed by atoms with E-state index in [4.69, 9.17) is 4.74 Å². The SMILES string of the molecule is Cc1cc(Br)ccc1NC(=O)COC(=O)c1cc(-c2ccccc2)nc2c1c(C)nn2C. The van der Waals surface area contributed by atoms with Crippen LogP contribution in [-0.4, -0.2) is 33.2 Å². The molecular weight excluding hydrogens is 472 g/mol. The minimum absolute atomic E-state index is 0.326. The van der Waals surface area contributed by atoms with Crippen molar-refractivity contribution >= 4 is 44.5 Å². The number of ether oxygens (including phenoxy) is 1. The molecule has 32 heavy (non-hydrogen) atoms. The number of rotatable bonds is 5. The number of halogens is 1. The number of benzene rings is 2. The van der Waals surface area contributed by atoms with Gasteiger partial charge in [-0.25, -0.2) is 9.78 Å². The number of amides is 1. The Morgan fingerprint density at radius 2 is 1.84 bits per heavy atom. The zero-order chi connectivity index (χ0) is 22.8. The van der Waals surface area contributed by atoms with E-state index in [1.807, 2.05) is 56.3 Å². The molecule has 2 aromatic carbocycles. The maximum Gasteiger partial charge on any atom is 0.339 e. The number of anilines is 1. The zero-order valence-electron chi connectivity index (χ0n) is 17.8. The third-order valence-corrected chi connectivity index (χ3v) is 5.55. The van der Waals surface area contributed by atoms with Gasteiger partial charge in [0.15, 0.2) is 12.3 Å². The van der Waals surface area contributed by atoms with Crippen LogP contribution >= 0.6 is 15.9 Å². The minimum Gasteiger partial charge on any atom is -0.452 e. The molecule has 0 saturated heterocycles. The molecule has 162 valence electrons. The fourth-order valence-corrected chi connectivity index (χ4v) is 4.00. The molecule has 0 aliphatic heterocycles. The molecule has 0 unspecified atom stereocenters. The lowest BCUT2D eigenvalue weighted by atomic mass is 10.1. The first-order valence-corrected chi connectivity index (χ1v) is 10.8. The number of hydrogen-bond acceptors (Lipinski definition) is 5. The summed E-state index contributed by atoms with van der Waals surface area (Å²) in [6.07, 6.45) is 0. The highest BCUT2D eigenvalue weighted by molar-refractivity contribution is 9.10. The molecule has 0 radical (unpaired) electrons. The predicted octanol–water partition coefficient (Wildman–Crippen LogP) is 4.81. The molecule has 7 nitrogen and oxygen atoms in total. The summed E-state index contributed by atoms with van der Waals surface area (Å²) in [6.45, 7) is 3.29. The Labute approximate surface area is 193 Å². The van der Waals surface area contributed by atoms with Gasteiger partial charge in [-0.1, -0.05) is 46.3 Å². The van der Waals surface area contributed by atoms with Crippen molar-refractivity contribution in [3.05, 3.63) is 75.9 Å². The molecule has 2 aromatic heterocycles. The lowest BCUT2D eigenvalue weighted by Gasteiger charge is -2.11. The lowest BCUT2D eigenvalue weighted by molar-refractivity contribution is -0.119. The van der Waals surface area contributed by atoms with Gasteiger partial charge in [0.1, 0.15) is 0 Å². The monoisotopic (exact) mass is 492 g/mol. The van der Waals surface area contributed by atoms with Crippen LogP contribution in [0.1, 0.15) is 21.6 Å². The second kappa shape index (κ2) is 8.92. The van der Waals surface area contributed by atoms with E-state index in [0.29, 0.717) is 33.7 Å². The van der Waals surface area contributed by atoms with Gasteiger partial charge in [0.2, 0.25) is 0 Å². The molecule has 4 aromatic rings. The highest BCUT2D eigenvalue weighted by atomic mass is 79.9. The van der Waals surface area contributed by atoms with Crippen LogP contribution in [0.3, 0.4) is 0 Å². The molecular formula is C24H21BrN4O3. The van der Waals surface area contributed by atoms with Crippen LogP contribution in [0.15, 0.2) is 59.1 Å². The van der Waals surface area contributed by atoms with Crippen molar-refractivity contribution in [2.45, 2.75) is 13.8 Å². The molecule has 0 spiro atoms. The Morgan fingerprint density at radius 1 is 1.09 bits per heavy atom. The first-order valence-electron chi connectivity index (χ1n) is 9.96. The quantitative estimate of drug-likeness (QED) is 0.404. The average Bonchev–Trinajstić information content (AvgIpc) is 3.07. The van der Waals surface area contributed by atoms with Gasteiger partial charge in [-0.2, -0.15) is 5.10 Å². The molecule has 0 aliphatic rings. The van der Waals surface area contributed by atoms with E-state index in [0.717, 1.165) is 15.6 Å². The van der Waals surface area contributed by atoms with Gasteiger partial charge in [-0.15, -0.1) is 0 Å². The topological polar surface area (TPSA) is 86.1 Å². The number of nitrogens with one attached hydrogen (secondary N) is 1. The summed E-state index contributed by atoms with van der Waals surface area (Å²) >= 11 is 3.39. The summed E-state index contributed by atoms with van der Waals surface area (Å²) in [5.41, 5.74) is 4.62. The van der Waals surface area contributed by atoms with Gasteiger partial charge < -0.3 is 10.1 Å². The summed E-state index contributed by atoms with van der Waals surface area (Å²) in [7, 11) is 1.78. The van der Waals surface area contributed by atoms with E-state index in [-0.39, 0.29) is 0 Å². The maximum absolute atomic E-state index is 13.0. The first kappa shape index (κ1) is 21.7. The molecule has 0 fully saturated rings. The van der Waals surface area contributed by atoms with Crippen molar-refractivity contribution in [2.24, 2.45) is 7.05 Å². The van der Waals surface area contributed by atoms with Crippen LogP contribution in [-0.2, 0) is 16.6 Å². The summed E-state index contributed by atoms with van der Waals surface area (Å²) < 4.78 is 7.92. The smallest absolute Gasteiger partial charge is 0.339 e. The first-order chi connectivity index (χ1) is 15.3. The van der Waals surface area contributed by atoms with Crippen LogP contribution in [0.25, 0.3) is 22.3 Å². The Morgan fingerprint density at radius 3 is 2.56 bits per heavy atom. The summed E-state index contributed by atoms with van der Waals surface area (Å²) in [5.74, 6) is -1.02. The highest BCUT2D eigenvalue weighted by Crippen LogP contribution is 2.27. The van der Waals surface area contributed by atoms with E-state index in [9.17, 15) is 9.59 Å². The van der Waals surface area contributed by atoms with Gasteiger partial charge in [0.05, 0.1) is 22.3 Å². The maximum atomic E-state index is 13.0. The Hall–Kier alpha value is -3.52. The molecule has 4 rings (SSSR count). The fraction of sp³-hybridized carbons (Fsp3) is 0.167. The Balaban J connectivity index is 1.59. The number of carbonyl (C=O) groups is 2. The summed E-state index contributed by atoms with van der Waals surface area (Å²) in [5, 5.41) is 7.78. The number of hydrogen-bond donors (Lipinski definition) is 1. The van der Waals surface area contributed by atoms with Crippen LogP contribution < -0.4 is 5.32 Å². The van der Waals surface area contributed by atoms with Crippen LogP contribution in [0, 0.1) is 13.8 Å². The number of aryl methyl sites for hydroxylation is 3. The van der Waals surface area contributed by atoms with Crippen molar-refractivity contribution in [1.82, 2.24) is 14.8 Å². The van der Waals surface area contributed by atoms with Gasteiger partial charge in [0.25, 0.3) is 5.91 Å². The Bertz CT molecular complexity index is 1330. The molecule has 1 amide bonds. The number of nitrogens with zero attached hydrogens (tertiary/aromatic N) is 3. The van der Waals surface area contributed by atoms with Crippen molar-refractivity contribution in [3.63, 3.8) is 0 Å². The molecule has 0 saturated carbocycles. The van der Waals surface area contributed by atoms with Crippen molar-refractivity contribution < 1.29 is 14.3 Å². The summed E-state index contributed by atoms with van der Waals surface area (Å²) in [4.78, 5) is 30.1. The third kappa shape index (κ3) is 4.40. The number of fused-ring (bicyclic) bond motifs is 1. The zero-order valence-corrected chi connectivity index (χ0v) is 19.4. The standard InChI is InChI=1S/C24H21BrN4O3/c1-14-11-17(25)9-10-19(14)26-21(30)13-32-24(31)18-12-20(16-7-5-4-6-8-16)27-23-22(18)15(2)28-29(23)3/h4-12H,13H2,1-3H3,(H,26,30). The Kier molecular flexibility index (Phi) is 6.05. The fourth-order valence-electron chi connectivity index (χ4n) is 3.53. The van der Waals surface area contributed by atoms with Gasteiger partial charge in [0, 0.05) is 22.8 Å². The average molecular weight is 493 g/mol. The number of esters is 1. The van der Waals surface area contributed by atoms with E-state index in [1.165, 1.54) is 0 Å². The van der Waals surface area contributed by atoms with Gasteiger partial charge >= 0.3 is 5.97 Å². The largest absolute Gasteiger partial charge is 0.452 e. The second-order valence-corrected chi connectivity index (χ2v) is 8.33. The molecule has 2 heterocycles. The van der Waals surface area contributed by atoms with Crippen LogP contribution in [0.2, 0.25) is 0 Å². The molecule has 1 N–H and O–H groups in total. The summed E-state index contributed by atoms with van der Waals surface area (Å²) in [6, 6.07) is 16.8. The van der Waals surface area contributed by atoms with E-state index >= 15 is 0 Å². The normalized spacial score (nSPS) is 10.9. The number of pyridine rings is 1. The van der Waals surface area contributed by atoms with Crippen molar-refractivity contribution in [3.8, 4) is 11.3 Å². The molecule has 0 atom stereocenters. The van der Waals surface area contributed by atoms with Crippen molar-refractivity contribution in [1.29, 1.82) is 0 Å².